The Bertz CT molecular complexity index is 624. The summed E-state index contributed by atoms with van der Waals surface area (Å²) in [5.74, 6) is 6.24. The summed E-state index contributed by atoms with van der Waals surface area (Å²) in [4.78, 5) is 0. The number of allylic oxidation sites excluding steroid dienone is 4. The normalized spacial score (nSPS) is 44.5. The Morgan fingerprint density at radius 1 is 0.893 bits per heavy atom. The van der Waals surface area contributed by atoms with Gasteiger partial charge in [-0.1, -0.05) is 78.2 Å². The minimum Gasteiger partial charge on any atom is -0.0882 e. The molecule has 0 saturated heterocycles. The van der Waals surface area contributed by atoms with Crippen molar-refractivity contribution in [1.29, 1.82) is 0 Å². The fourth-order valence-electron chi connectivity index (χ4n) is 8.13. The first kappa shape index (κ1) is 20.7. The quantitative estimate of drug-likeness (QED) is 0.418. The number of rotatable bonds is 5. The van der Waals surface area contributed by atoms with Gasteiger partial charge in [0.15, 0.2) is 0 Å². The van der Waals surface area contributed by atoms with Crippen LogP contribution in [0.4, 0.5) is 0 Å². The van der Waals surface area contributed by atoms with Crippen LogP contribution in [0, 0.1) is 52.3 Å². The molecule has 0 nitrogen and oxygen atoms in total. The molecule has 0 amide bonds. The molecule has 4 rings (SSSR count). The van der Waals surface area contributed by atoms with Crippen molar-refractivity contribution in [2.24, 2.45) is 52.3 Å². The number of fused-ring (bicyclic) bond motifs is 5. The van der Waals surface area contributed by atoms with Crippen LogP contribution >= 0.6 is 0 Å². The molecule has 0 unspecified atom stereocenters. The van der Waals surface area contributed by atoms with Crippen molar-refractivity contribution in [3.8, 4) is 0 Å². The molecule has 0 bridgehead atoms. The summed E-state index contributed by atoms with van der Waals surface area (Å²) in [7, 11) is 0. The van der Waals surface area contributed by atoms with Gasteiger partial charge >= 0.3 is 0 Å². The van der Waals surface area contributed by atoms with E-state index in [0.717, 1.165) is 41.4 Å². The highest BCUT2D eigenvalue weighted by atomic mass is 14.6. The van der Waals surface area contributed by atoms with Gasteiger partial charge in [-0.25, -0.2) is 0 Å². The van der Waals surface area contributed by atoms with E-state index in [2.05, 4.69) is 59.8 Å². The zero-order valence-electron chi connectivity index (χ0n) is 19.6. The molecule has 28 heavy (non-hydrogen) atoms. The van der Waals surface area contributed by atoms with Crippen LogP contribution in [0.15, 0.2) is 23.8 Å². The Balaban J connectivity index is 1.50. The van der Waals surface area contributed by atoms with Crippen molar-refractivity contribution in [2.45, 2.75) is 99.3 Å². The minimum absolute atomic E-state index is 0.552. The van der Waals surface area contributed by atoms with Crippen molar-refractivity contribution in [3.63, 3.8) is 0 Å². The van der Waals surface area contributed by atoms with E-state index in [1.54, 1.807) is 0 Å². The summed E-state index contributed by atoms with van der Waals surface area (Å²) < 4.78 is 0. The second-order valence-corrected chi connectivity index (χ2v) is 12.2. The highest BCUT2D eigenvalue weighted by Crippen LogP contribution is 2.66. The lowest BCUT2D eigenvalue weighted by Gasteiger charge is -2.56. The molecule has 0 N–H and O–H groups in total. The van der Waals surface area contributed by atoms with Gasteiger partial charge in [0.1, 0.15) is 0 Å². The average Bonchev–Trinajstić information content (AvgIpc) is 3.02. The van der Waals surface area contributed by atoms with Crippen LogP contribution in [0.3, 0.4) is 0 Å². The third kappa shape index (κ3) is 3.26. The third-order valence-electron chi connectivity index (χ3n) is 10.6. The molecule has 0 aromatic carbocycles. The highest BCUT2D eigenvalue weighted by Gasteiger charge is 2.57. The van der Waals surface area contributed by atoms with Gasteiger partial charge in [0.25, 0.3) is 0 Å². The van der Waals surface area contributed by atoms with E-state index in [0.29, 0.717) is 10.8 Å². The van der Waals surface area contributed by atoms with Gasteiger partial charge in [-0.2, -0.15) is 0 Å². The van der Waals surface area contributed by atoms with E-state index in [4.69, 9.17) is 0 Å². The van der Waals surface area contributed by atoms with Gasteiger partial charge in [0, 0.05) is 0 Å². The molecule has 0 radical (unpaired) electrons. The Hall–Kier alpha value is -0.520. The second kappa shape index (κ2) is 7.63. The Labute approximate surface area is 175 Å². The van der Waals surface area contributed by atoms with E-state index in [-0.39, 0.29) is 0 Å². The van der Waals surface area contributed by atoms with Crippen LogP contribution < -0.4 is 0 Å². The highest BCUT2D eigenvalue weighted by molar-refractivity contribution is 5.28. The van der Waals surface area contributed by atoms with Crippen molar-refractivity contribution in [3.05, 3.63) is 23.8 Å². The van der Waals surface area contributed by atoms with Gasteiger partial charge in [-0.15, -0.1) is 0 Å². The van der Waals surface area contributed by atoms with Gasteiger partial charge < -0.3 is 0 Å². The maximum atomic E-state index is 2.76. The van der Waals surface area contributed by atoms with Crippen LogP contribution in [-0.4, -0.2) is 0 Å². The lowest BCUT2D eigenvalue weighted by atomic mass is 9.48. The van der Waals surface area contributed by atoms with E-state index in [9.17, 15) is 0 Å². The SMILES string of the molecule is CC(C)[C@@H](C)CC[C@@H](C)[C@@H]1CC[C@@H]2C3=CC[C@H]4CC=CC[C@@]4(C)[C@@H]3CC[C@@]21C. The molecule has 2 fully saturated rings. The maximum absolute atomic E-state index is 2.76. The van der Waals surface area contributed by atoms with Gasteiger partial charge in [0.05, 0.1) is 0 Å². The van der Waals surface area contributed by atoms with E-state index >= 15 is 0 Å². The number of hydrogen-bond donors (Lipinski definition) is 0. The Kier molecular flexibility index (Phi) is 5.65. The molecule has 4 aliphatic carbocycles. The Morgan fingerprint density at radius 2 is 1.64 bits per heavy atom. The Morgan fingerprint density at radius 3 is 2.39 bits per heavy atom. The molecule has 0 aromatic rings. The standard InChI is InChI=1S/C28H46/c1-19(2)20(3)10-11-21(4)24-14-15-25-23-13-12-22-9-7-8-17-27(22,5)26(23)16-18-28(24,25)6/h7-8,13,19-22,24-26H,9-12,14-18H2,1-6H3/t20-,21+,22+,24-,25+,26+,27+,28+/m0/s1. The van der Waals surface area contributed by atoms with Crippen LogP contribution in [0.1, 0.15) is 99.3 Å². The minimum atomic E-state index is 0.552. The molecule has 8 atom stereocenters. The molecular weight excluding hydrogens is 336 g/mol. The zero-order chi connectivity index (χ0) is 20.1. The fraction of sp³-hybridized carbons (Fsp3) is 0.857. The monoisotopic (exact) mass is 382 g/mol. The van der Waals surface area contributed by atoms with Gasteiger partial charge in [-0.3, -0.25) is 0 Å². The smallest absolute Gasteiger partial charge is 0.0140 e. The van der Waals surface area contributed by atoms with E-state index in [1.165, 1.54) is 57.8 Å². The zero-order valence-corrected chi connectivity index (χ0v) is 19.6. The van der Waals surface area contributed by atoms with E-state index in [1.807, 2.05) is 5.57 Å². The van der Waals surface area contributed by atoms with Crippen LogP contribution in [0.25, 0.3) is 0 Å². The summed E-state index contributed by atoms with van der Waals surface area (Å²) >= 11 is 0. The fourth-order valence-corrected chi connectivity index (χ4v) is 8.13. The summed E-state index contributed by atoms with van der Waals surface area (Å²) in [5, 5.41) is 0. The van der Waals surface area contributed by atoms with Crippen molar-refractivity contribution >= 4 is 0 Å². The summed E-state index contributed by atoms with van der Waals surface area (Å²) in [6.45, 7) is 15.2. The van der Waals surface area contributed by atoms with Crippen LogP contribution in [0.5, 0.6) is 0 Å². The molecule has 0 aromatic heterocycles. The summed E-state index contributed by atoms with van der Waals surface area (Å²) in [6.07, 6.45) is 20.5. The molecule has 4 aliphatic rings. The first-order valence-electron chi connectivity index (χ1n) is 12.6. The molecule has 0 heterocycles. The van der Waals surface area contributed by atoms with Crippen LogP contribution in [0.2, 0.25) is 0 Å². The molecule has 0 heteroatoms. The van der Waals surface area contributed by atoms with Crippen molar-refractivity contribution in [2.75, 3.05) is 0 Å². The largest absolute Gasteiger partial charge is 0.0882 e. The molecule has 2 saturated carbocycles. The van der Waals surface area contributed by atoms with E-state index < -0.39 is 0 Å². The predicted molar refractivity (Wildman–Crippen MR) is 122 cm³/mol. The number of hydrogen-bond acceptors (Lipinski definition) is 0. The van der Waals surface area contributed by atoms with Crippen molar-refractivity contribution < 1.29 is 0 Å². The van der Waals surface area contributed by atoms with Gasteiger partial charge in [-0.05, 0) is 97.2 Å². The summed E-state index contributed by atoms with van der Waals surface area (Å²) in [6, 6.07) is 0. The molecular formula is C28H46. The van der Waals surface area contributed by atoms with Crippen LogP contribution in [-0.2, 0) is 0 Å². The lowest BCUT2D eigenvalue weighted by molar-refractivity contribution is 0.0118. The summed E-state index contributed by atoms with van der Waals surface area (Å²) in [5.41, 5.74) is 3.06. The lowest BCUT2D eigenvalue weighted by Crippen LogP contribution is -2.47. The van der Waals surface area contributed by atoms with Gasteiger partial charge in [0.2, 0.25) is 0 Å². The predicted octanol–water partition coefficient (Wildman–Crippen LogP) is 8.44. The molecule has 0 spiro atoms. The average molecular weight is 383 g/mol. The third-order valence-corrected chi connectivity index (χ3v) is 10.6. The first-order chi connectivity index (χ1) is 13.3. The second-order valence-electron chi connectivity index (χ2n) is 12.2. The van der Waals surface area contributed by atoms with Crippen molar-refractivity contribution in [1.82, 2.24) is 0 Å². The molecule has 0 aliphatic heterocycles. The topological polar surface area (TPSA) is 0 Å². The first-order valence-corrected chi connectivity index (χ1v) is 12.6. The molecule has 158 valence electrons. The maximum Gasteiger partial charge on any atom is -0.0140 e.